The van der Waals surface area contributed by atoms with Gasteiger partial charge in [0.25, 0.3) is 0 Å². The van der Waals surface area contributed by atoms with Crippen molar-refractivity contribution in [3.05, 3.63) is 46.9 Å². The van der Waals surface area contributed by atoms with E-state index in [1.165, 1.54) is 32.2 Å². The summed E-state index contributed by atoms with van der Waals surface area (Å²) < 4.78 is 63.9. The minimum atomic E-state index is -1.98. The van der Waals surface area contributed by atoms with Crippen LogP contribution in [0.5, 0.6) is 23.5 Å². The molecule has 0 unspecified atom stereocenters. The first-order chi connectivity index (χ1) is 29.3. The first-order valence-corrected chi connectivity index (χ1v) is 20.5. The second-order valence-electron chi connectivity index (χ2n) is 15.1. The van der Waals surface area contributed by atoms with E-state index in [0.29, 0.717) is 47.4 Å². The average molecular weight is 884 g/mol. The van der Waals surface area contributed by atoms with Crippen molar-refractivity contribution in [3.8, 4) is 23.5 Å². The van der Waals surface area contributed by atoms with E-state index in [4.69, 9.17) is 45.5 Å². The fraction of sp³-hybridized carbons (Fsp3) is 0.579. The van der Waals surface area contributed by atoms with Gasteiger partial charge in [0, 0.05) is 72.1 Å². The third-order valence-electron chi connectivity index (χ3n) is 7.65. The summed E-state index contributed by atoms with van der Waals surface area (Å²) in [6.45, 7) is 14.1. The van der Waals surface area contributed by atoms with Gasteiger partial charge in [0.2, 0.25) is 23.5 Å². The zero-order chi connectivity index (χ0) is 46.8. The molecule has 21 heteroatoms. The number of methoxy groups -OCH3 is 2. The largest absolute Gasteiger partial charge is 0.481 e. The van der Waals surface area contributed by atoms with Crippen LogP contribution in [-0.2, 0) is 21.8 Å². The van der Waals surface area contributed by atoms with Gasteiger partial charge in [-0.15, -0.1) is 34.3 Å². The Kier molecular flexibility index (Phi) is 15.4. The molecular weight excluding hydrogens is 824 g/mol. The molecule has 0 aliphatic carbocycles. The molecule has 4 aromatic heterocycles. The van der Waals surface area contributed by atoms with Crippen LogP contribution in [0.4, 0.5) is 19.9 Å². The van der Waals surface area contributed by atoms with Crippen molar-refractivity contribution < 1.29 is 43.5 Å². The number of nitrogens with one attached hydrogen (secondary N) is 3. The minimum absolute atomic E-state index is 0.0758. The fourth-order valence-electron chi connectivity index (χ4n) is 5.23. The quantitative estimate of drug-likeness (QED) is 0.128. The number of alkyl halides is 1. The van der Waals surface area contributed by atoms with Gasteiger partial charge in [-0.05, 0) is 55.4 Å². The Bertz CT molecular complexity index is 2100. The van der Waals surface area contributed by atoms with E-state index in [9.17, 15) is 9.59 Å². The van der Waals surface area contributed by atoms with Gasteiger partial charge in [0.15, 0.2) is 10.3 Å². The van der Waals surface area contributed by atoms with E-state index in [2.05, 4.69) is 52.8 Å². The lowest BCUT2D eigenvalue weighted by Crippen LogP contribution is -2.27. The van der Waals surface area contributed by atoms with E-state index in [1.807, 2.05) is 6.92 Å². The zero-order valence-corrected chi connectivity index (χ0v) is 37.1. The van der Waals surface area contributed by atoms with E-state index < -0.39 is 35.7 Å². The number of hydrogen-bond donors (Lipinski definition) is 3. The van der Waals surface area contributed by atoms with E-state index in [1.54, 1.807) is 65.7 Å². The van der Waals surface area contributed by atoms with Crippen LogP contribution in [0.1, 0.15) is 83.5 Å². The molecule has 2 aliphatic rings. The third-order valence-corrected chi connectivity index (χ3v) is 9.61. The summed E-state index contributed by atoms with van der Waals surface area (Å²) in [5, 5.41) is 8.81. The standard InChI is InChI=1S/C19H27N5O4S.C10H15N3O2.C9H13ClN2O2S/c1-12-6-13(27-16-7-15(26-5)21-11-22-16)9-24(12)10-14-8-20-17(29-14)23-18(25)28-19(2,3)4;1-7-3-8(5-11-7)15-10-4-9(14-2)12-6-13-10;1-9(2,3)14-8(13)12-7-11-5-6(4-10)15-7/h7-8,11-13H,6,9-10H2,1-5H3,(H,20,23,25);4,6-8,11H,3,5H2,1-2H3;5H,4H2,1-3H3,(H,11,12,13)/t12-,13+;7-,8+;/m00./s1/i10D2;;4D2. The first-order valence-electron chi connectivity index (χ1n) is 20.5. The Labute approximate surface area is 363 Å². The van der Waals surface area contributed by atoms with E-state index in [-0.39, 0.29) is 33.4 Å². The van der Waals surface area contributed by atoms with Gasteiger partial charge < -0.3 is 33.7 Å². The maximum Gasteiger partial charge on any atom is 0.413 e. The van der Waals surface area contributed by atoms with Crippen molar-refractivity contribution in [2.24, 2.45) is 0 Å². The molecule has 0 saturated carbocycles. The molecule has 18 nitrogen and oxygen atoms in total. The topological polar surface area (TPSA) is 206 Å². The lowest BCUT2D eigenvalue weighted by Gasteiger charge is -2.19. The number of hydrogen-bond acceptors (Lipinski definition) is 18. The Morgan fingerprint density at radius 2 is 1.29 bits per heavy atom. The predicted molar refractivity (Wildman–Crippen MR) is 226 cm³/mol. The SMILES string of the molecule is COc1cc(O[C@H]2CN[C@@H](C)C2)ncn1.[2H]C([2H])(Cl)c1cnc(NC(=O)OC(C)(C)C)s1.[2H]C([2H])(c1cnc(NC(=O)OC(C)(C)C)s1)N1C[C@H](Oc2cc(OC)ncn2)C[C@@H]1C. The van der Waals surface area contributed by atoms with Crippen LogP contribution in [0.2, 0.25) is 0 Å². The van der Waals surface area contributed by atoms with Gasteiger partial charge in [0.1, 0.15) is 36.1 Å². The van der Waals surface area contributed by atoms with Crippen LogP contribution in [0.3, 0.4) is 0 Å². The number of ether oxygens (including phenoxy) is 6. The molecule has 0 radical (unpaired) electrons. The van der Waals surface area contributed by atoms with Crippen molar-refractivity contribution in [1.29, 1.82) is 0 Å². The monoisotopic (exact) mass is 882 g/mol. The minimum Gasteiger partial charge on any atom is -0.481 e. The third kappa shape index (κ3) is 17.2. The molecule has 0 bridgehead atoms. The molecule has 324 valence electrons. The molecule has 2 amide bonds. The molecular formula is C38H55ClN10O8S2. The van der Waals surface area contributed by atoms with Crippen molar-refractivity contribution in [2.45, 2.75) is 116 Å². The summed E-state index contributed by atoms with van der Waals surface area (Å²) in [7, 11) is 3.09. The summed E-state index contributed by atoms with van der Waals surface area (Å²) >= 11 is 7.51. The Morgan fingerprint density at radius 1 is 0.797 bits per heavy atom. The Morgan fingerprint density at radius 3 is 1.75 bits per heavy atom. The van der Waals surface area contributed by atoms with Crippen molar-refractivity contribution >= 4 is 56.7 Å². The normalized spacial score (nSPS) is 20.5. The van der Waals surface area contributed by atoms with Crippen LogP contribution in [-0.4, -0.2) is 110 Å². The number of carbonyl (C=O) groups is 2. The lowest BCUT2D eigenvalue weighted by molar-refractivity contribution is 0.0624. The van der Waals surface area contributed by atoms with Gasteiger partial charge in [-0.2, -0.15) is 0 Å². The highest BCUT2D eigenvalue weighted by Gasteiger charge is 2.31. The van der Waals surface area contributed by atoms with Crippen LogP contribution < -0.4 is 34.9 Å². The second-order valence-corrected chi connectivity index (χ2v) is 17.3. The Hall–Kier alpha value is -4.63. The van der Waals surface area contributed by atoms with Gasteiger partial charge in [-0.1, -0.05) is 0 Å². The number of anilines is 2. The highest BCUT2D eigenvalue weighted by molar-refractivity contribution is 7.16. The molecule has 6 heterocycles. The molecule has 0 spiro atoms. The number of aromatic nitrogens is 6. The number of likely N-dealkylation sites (tertiary alicyclic amines) is 1. The number of carbonyl (C=O) groups excluding carboxylic acids is 2. The van der Waals surface area contributed by atoms with Crippen LogP contribution >= 0.6 is 34.3 Å². The summed E-state index contributed by atoms with van der Waals surface area (Å²) in [6, 6.07) is 3.73. The highest BCUT2D eigenvalue weighted by Crippen LogP contribution is 2.28. The number of thiazole rings is 2. The van der Waals surface area contributed by atoms with E-state index >= 15 is 0 Å². The van der Waals surface area contributed by atoms with Crippen LogP contribution in [0, 0.1) is 0 Å². The van der Waals surface area contributed by atoms with Crippen LogP contribution in [0.15, 0.2) is 37.2 Å². The van der Waals surface area contributed by atoms with Crippen molar-refractivity contribution in [3.63, 3.8) is 0 Å². The summed E-state index contributed by atoms with van der Waals surface area (Å²) in [4.78, 5) is 49.6. The highest BCUT2D eigenvalue weighted by atomic mass is 35.5. The molecule has 2 fully saturated rings. The van der Waals surface area contributed by atoms with Crippen molar-refractivity contribution in [1.82, 2.24) is 40.1 Å². The van der Waals surface area contributed by atoms with Crippen LogP contribution in [0.25, 0.3) is 0 Å². The molecule has 0 aromatic carbocycles. The molecule has 3 N–H and O–H groups in total. The average Bonchev–Trinajstić information content (AvgIpc) is 4.00. The van der Waals surface area contributed by atoms with Gasteiger partial charge in [0.05, 0.1) is 32.2 Å². The Balaban J connectivity index is 0.000000229. The maximum atomic E-state index is 12.0. The molecule has 6 rings (SSSR count). The summed E-state index contributed by atoms with van der Waals surface area (Å²) in [5.41, 5.74) is -1.22. The number of amides is 2. The maximum absolute atomic E-state index is 12.0. The fourth-order valence-corrected chi connectivity index (χ4v) is 6.70. The molecule has 4 atom stereocenters. The molecule has 4 aromatic rings. The molecule has 59 heavy (non-hydrogen) atoms. The molecule has 2 aliphatic heterocycles. The smallest absolute Gasteiger partial charge is 0.413 e. The summed E-state index contributed by atoms with van der Waals surface area (Å²) in [6.07, 6.45) is 5.86. The molecule has 2 saturated heterocycles. The predicted octanol–water partition coefficient (Wildman–Crippen LogP) is 7.17. The van der Waals surface area contributed by atoms with E-state index in [0.717, 1.165) is 35.6 Å². The van der Waals surface area contributed by atoms with Crippen molar-refractivity contribution in [2.75, 3.05) is 37.9 Å². The van der Waals surface area contributed by atoms with Gasteiger partial charge in [-0.3, -0.25) is 15.5 Å². The van der Waals surface area contributed by atoms with Gasteiger partial charge >= 0.3 is 12.2 Å². The lowest BCUT2D eigenvalue weighted by atomic mass is 10.2. The number of nitrogens with zero attached hydrogens (tertiary/aromatic N) is 7. The zero-order valence-electron chi connectivity index (χ0n) is 38.7. The first kappa shape index (κ1) is 41.1. The number of halogens is 1. The van der Waals surface area contributed by atoms with Gasteiger partial charge in [-0.25, -0.2) is 39.5 Å². The number of rotatable bonds is 11. The summed E-state index contributed by atoms with van der Waals surface area (Å²) in [5.74, 6) is -0.0984. The second kappa shape index (κ2) is 22.1.